The van der Waals surface area contributed by atoms with Gasteiger partial charge in [0, 0.05) is 12.6 Å². The first-order valence-electron chi connectivity index (χ1n) is 8.13. The average Bonchev–Trinajstić information content (AvgIpc) is 3.01. The van der Waals surface area contributed by atoms with Crippen LogP contribution in [0.25, 0.3) is 6.08 Å². The van der Waals surface area contributed by atoms with Crippen LogP contribution in [0.15, 0.2) is 54.6 Å². The van der Waals surface area contributed by atoms with Crippen LogP contribution in [-0.4, -0.2) is 24.4 Å². The molecule has 1 unspecified atom stereocenters. The molecule has 1 heterocycles. The smallest absolute Gasteiger partial charge is 0.249 e. The van der Waals surface area contributed by atoms with E-state index in [1.54, 1.807) is 48.5 Å². The van der Waals surface area contributed by atoms with Crippen molar-refractivity contribution in [2.45, 2.75) is 12.5 Å². The number of carbonyl (C=O) groups excluding carboxylic acids is 2. The first kappa shape index (κ1) is 17.4. The van der Waals surface area contributed by atoms with Crippen molar-refractivity contribution in [3.05, 3.63) is 71.6 Å². The summed E-state index contributed by atoms with van der Waals surface area (Å²) < 4.78 is 13.9. The number of hydrogen-bond acceptors (Lipinski definition) is 3. The summed E-state index contributed by atoms with van der Waals surface area (Å²) in [4.78, 5) is 25.9. The Morgan fingerprint density at radius 1 is 1.27 bits per heavy atom. The number of carbonyl (C=O) groups is 2. The first-order valence-corrected chi connectivity index (χ1v) is 8.13. The number of benzene rings is 2. The monoisotopic (exact) mass is 349 g/mol. The molecule has 0 bridgehead atoms. The molecule has 0 saturated carbocycles. The van der Waals surface area contributed by atoms with Gasteiger partial charge in [0.2, 0.25) is 11.8 Å². The maximum atomic E-state index is 13.9. The van der Waals surface area contributed by atoms with Gasteiger partial charge in [-0.25, -0.2) is 4.39 Å². The maximum Gasteiger partial charge on any atom is 0.249 e. The normalized spacial score (nSPS) is 16.7. The van der Waals surface area contributed by atoms with Crippen molar-refractivity contribution in [2.24, 2.45) is 0 Å². The van der Waals surface area contributed by atoms with Crippen LogP contribution in [-0.2, 0) is 9.59 Å². The van der Waals surface area contributed by atoms with Gasteiger partial charge in [-0.15, -0.1) is 0 Å². The van der Waals surface area contributed by atoms with Gasteiger partial charge in [0.25, 0.3) is 0 Å². The zero-order valence-electron chi connectivity index (χ0n) is 13.9. The fourth-order valence-electron chi connectivity index (χ4n) is 2.83. The summed E-state index contributed by atoms with van der Waals surface area (Å²) in [5, 5.41) is 11.5. The molecule has 1 saturated heterocycles. The van der Waals surface area contributed by atoms with Crippen LogP contribution >= 0.6 is 0 Å². The van der Waals surface area contributed by atoms with Crippen molar-refractivity contribution < 1.29 is 14.0 Å². The number of halogens is 1. The Kier molecular flexibility index (Phi) is 5.09. The Balaban J connectivity index is 1.63. The van der Waals surface area contributed by atoms with Crippen molar-refractivity contribution in [1.29, 1.82) is 5.26 Å². The molecule has 2 aromatic carbocycles. The number of rotatable bonds is 4. The quantitative estimate of drug-likeness (QED) is 0.863. The van der Waals surface area contributed by atoms with Gasteiger partial charge in [0.15, 0.2) is 0 Å². The highest BCUT2D eigenvalue weighted by Gasteiger charge is 2.34. The van der Waals surface area contributed by atoms with Crippen LogP contribution < -0.4 is 10.2 Å². The number of amides is 2. The second kappa shape index (κ2) is 7.62. The highest BCUT2D eigenvalue weighted by atomic mass is 19.1. The van der Waals surface area contributed by atoms with Gasteiger partial charge in [-0.1, -0.05) is 24.3 Å². The Morgan fingerprint density at radius 3 is 2.85 bits per heavy atom. The minimum Gasteiger partial charge on any atom is -0.341 e. The van der Waals surface area contributed by atoms with E-state index in [9.17, 15) is 14.0 Å². The highest BCUT2D eigenvalue weighted by Crippen LogP contribution is 2.24. The van der Waals surface area contributed by atoms with E-state index in [1.165, 1.54) is 17.0 Å². The molecule has 6 heteroatoms. The molecule has 130 valence electrons. The summed E-state index contributed by atoms with van der Waals surface area (Å²) in [5.41, 5.74) is 1.43. The van der Waals surface area contributed by atoms with Crippen molar-refractivity contribution in [3.8, 4) is 6.07 Å². The summed E-state index contributed by atoms with van der Waals surface area (Å²) in [6, 6.07) is 14.2. The fourth-order valence-corrected chi connectivity index (χ4v) is 2.83. The third-order valence-electron chi connectivity index (χ3n) is 4.11. The zero-order valence-corrected chi connectivity index (χ0v) is 13.9. The number of anilines is 1. The summed E-state index contributed by atoms with van der Waals surface area (Å²) in [5.74, 6) is -1.21. The van der Waals surface area contributed by atoms with Crippen LogP contribution in [0.4, 0.5) is 10.1 Å². The lowest BCUT2D eigenvalue weighted by Crippen LogP contribution is -2.41. The van der Waals surface area contributed by atoms with E-state index >= 15 is 0 Å². The molecule has 1 aliphatic rings. The molecule has 0 radical (unpaired) electrons. The minimum absolute atomic E-state index is 0.220. The predicted molar refractivity (Wildman–Crippen MR) is 95.5 cm³/mol. The second-order valence-electron chi connectivity index (χ2n) is 5.86. The topological polar surface area (TPSA) is 73.2 Å². The lowest BCUT2D eigenvalue weighted by molar-refractivity contribution is -0.123. The summed E-state index contributed by atoms with van der Waals surface area (Å²) in [6.45, 7) is 0.346. The molecule has 1 fully saturated rings. The van der Waals surface area contributed by atoms with E-state index in [0.717, 1.165) is 0 Å². The zero-order chi connectivity index (χ0) is 18.5. The van der Waals surface area contributed by atoms with Crippen LogP contribution in [0, 0.1) is 17.1 Å². The molecule has 0 aliphatic carbocycles. The Labute approximate surface area is 150 Å². The molecular formula is C20H16FN3O2. The molecule has 0 aromatic heterocycles. The van der Waals surface area contributed by atoms with Gasteiger partial charge in [-0.2, -0.15) is 5.26 Å². The van der Waals surface area contributed by atoms with E-state index in [1.807, 2.05) is 6.07 Å². The van der Waals surface area contributed by atoms with Crippen molar-refractivity contribution >= 4 is 23.6 Å². The van der Waals surface area contributed by atoms with E-state index in [0.29, 0.717) is 24.1 Å². The summed E-state index contributed by atoms with van der Waals surface area (Å²) in [6.07, 6.45) is 3.30. The lowest BCUT2D eigenvalue weighted by Gasteiger charge is -2.17. The average molecular weight is 349 g/mol. The number of nitriles is 1. The standard InChI is InChI=1S/C20H16FN3O2/c21-16-6-1-2-7-18(16)24-11-10-17(20(24)26)23-19(25)9-8-14-4-3-5-15(12-14)13-22/h1-9,12,17H,10-11H2,(H,23,25). The van der Waals surface area contributed by atoms with Gasteiger partial charge in [0.05, 0.1) is 17.3 Å². The molecule has 5 nitrogen and oxygen atoms in total. The molecule has 1 atom stereocenters. The fraction of sp³-hybridized carbons (Fsp3) is 0.150. The lowest BCUT2D eigenvalue weighted by atomic mass is 10.1. The van der Waals surface area contributed by atoms with Gasteiger partial charge < -0.3 is 10.2 Å². The molecule has 2 aromatic rings. The number of hydrogen-bond donors (Lipinski definition) is 1. The Morgan fingerprint density at radius 2 is 2.08 bits per heavy atom. The number of nitrogens with one attached hydrogen (secondary N) is 1. The van der Waals surface area contributed by atoms with E-state index in [2.05, 4.69) is 5.32 Å². The molecule has 3 rings (SSSR count). The van der Waals surface area contributed by atoms with Crippen LogP contribution in [0.5, 0.6) is 0 Å². The van der Waals surface area contributed by atoms with Gasteiger partial charge in [0.1, 0.15) is 11.9 Å². The molecule has 1 N–H and O–H groups in total. The molecule has 1 aliphatic heterocycles. The maximum absolute atomic E-state index is 13.9. The SMILES string of the molecule is N#Cc1cccc(C=CC(=O)NC2CCN(c3ccccc3F)C2=O)c1. The second-order valence-corrected chi connectivity index (χ2v) is 5.86. The Bertz CT molecular complexity index is 917. The highest BCUT2D eigenvalue weighted by molar-refractivity contribution is 6.03. The molecular weight excluding hydrogens is 333 g/mol. The van der Waals surface area contributed by atoms with Crippen LogP contribution in [0.1, 0.15) is 17.5 Å². The number of nitrogens with zero attached hydrogens (tertiary/aromatic N) is 2. The molecule has 2 amide bonds. The Hall–Kier alpha value is -3.46. The largest absolute Gasteiger partial charge is 0.341 e. The van der Waals surface area contributed by atoms with Crippen LogP contribution in [0.2, 0.25) is 0 Å². The van der Waals surface area contributed by atoms with Gasteiger partial charge in [-0.3, -0.25) is 9.59 Å². The minimum atomic E-state index is -0.683. The number of para-hydroxylation sites is 1. The first-order chi connectivity index (χ1) is 12.6. The van der Waals surface area contributed by atoms with E-state index in [4.69, 9.17) is 5.26 Å². The predicted octanol–water partition coefficient (Wildman–Crippen LogP) is 2.63. The molecule has 26 heavy (non-hydrogen) atoms. The van der Waals surface area contributed by atoms with Gasteiger partial charge in [-0.05, 0) is 42.3 Å². The van der Waals surface area contributed by atoms with Crippen molar-refractivity contribution in [2.75, 3.05) is 11.4 Å². The van der Waals surface area contributed by atoms with Gasteiger partial charge >= 0.3 is 0 Å². The van der Waals surface area contributed by atoms with Crippen LogP contribution in [0.3, 0.4) is 0 Å². The van der Waals surface area contributed by atoms with E-state index in [-0.39, 0.29) is 11.6 Å². The molecule has 0 spiro atoms. The van der Waals surface area contributed by atoms with E-state index < -0.39 is 17.8 Å². The summed E-state index contributed by atoms with van der Waals surface area (Å²) in [7, 11) is 0. The third-order valence-corrected chi connectivity index (χ3v) is 4.11. The van der Waals surface area contributed by atoms with Crippen molar-refractivity contribution in [1.82, 2.24) is 5.32 Å². The third kappa shape index (κ3) is 3.78. The summed E-state index contributed by atoms with van der Waals surface area (Å²) >= 11 is 0. The van der Waals surface area contributed by atoms with Crippen molar-refractivity contribution in [3.63, 3.8) is 0 Å².